The number of halogens is 1. The van der Waals surface area contributed by atoms with Gasteiger partial charge in [0.2, 0.25) is 15.9 Å². The minimum atomic E-state index is -3.98. The Morgan fingerprint density at radius 3 is 2.42 bits per heavy atom. The summed E-state index contributed by atoms with van der Waals surface area (Å²) >= 11 is 6.18. The largest absolute Gasteiger partial charge is 0.492 e. The molecule has 3 rings (SSSR count). The van der Waals surface area contributed by atoms with Crippen LogP contribution < -0.4 is 9.46 Å². The maximum atomic E-state index is 13.3. The summed E-state index contributed by atoms with van der Waals surface area (Å²) in [6.45, 7) is 4.88. The third-order valence-corrected chi connectivity index (χ3v) is 6.97. The summed E-state index contributed by atoms with van der Waals surface area (Å²) in [4.78, 5) is 17.1. The Bertz CT molecular complexity index is 993. The minimum Gasteiger partial charge on any atom is -0.492 e. The van der Waals surface area contributed by atoms with E-state index in [1.165, 1.54) is 18.2 Å². The van der Waals surface area contributed by atoms with Crippen LogP contribution in [-0.4, -0.2) is 70.0 Å². The molecular formula is C22H28ClN3O4S. The van der Waals surface area contributed by atoms with E-state index in [4.69, 9.17) is 16.3 Å². The highest BCUT2D eigenvalue weighted by atomic mass is 35.5. The molecule has 2 aromatic carbocycles. The molecule has 1 heterocycles. The van der Waals surface area contributed by atoms with E-state index in [0.717, 1.165) is 18.7 Å². The van der Waals surface area contributed by atoms with Crippen molar-refractivity contribution in [3.8, 4) is 5.75 Å². The second-order valence-electron chi connectivity index (χ2n) is 7.52. The van der Waals surface area contributed by atoms with Gasteiger partial charge in [0.1, 0.15) is 11.8 Å². The molecule has 31 heavy (non-hydrogen) atoms. The van der Waals surface area contributed by atoms with Crippen LogP contribution in [0.25, 0.3) is 0 Å². The molecule has 0 bridgehead atoms. The number of carbonyl (C=O) groups excluding carboxylic acids is 1. The zero-order valence-electron chi connectivity index (χ0n) is 17.8. The van der Waals surface area contributed by atoms with Gasteiger partial charge in [0, 0.05) is 26.2 Å². The van der Waals surface area contributed by atoms with Crippen LogP contribution in [0.2, 0.25) is 5.02 Å². The zero-order chi connectivity index (χ0) is 22.4. The van der Waals surface area contributed by atoms with E-state index < -0.39 is 16.1 Å². The molecule has 0 aliphatic carbocycles. The summed E-state index contributed by atoms with van der Waals surface area (Å²) < 4.78 is 34.2. The smallest absolute Gasteiger partial charge is 0.241 e. The van der Waals surface area contributed by atoms with Crippen LogP contribution in [0.3, 0.4) is 0 Å². The number of ether oxygens (including phenoxy) is 1. The number of sulfonamides is 1. The van der Waals surface area contributed by atoms with Crippen molar-refractivity contribution < 1.29 is 17.9 Å². The van der Waals surface area contributed by atoms with E-state index in [-0.39, 0.29) is 22.2 Å². The molecule has 2 aromatic rings. The third kappa shape index (κ3) is 6.20. The summed E-state index contributed by atoms with van der Waals surface area (Å²) in [7, 11) is -1.97. The van der Waals surface area contributed by atoms with Crippen LogP contribution in [0, 0.1) is 0 Å². The second kappa shape index (κ2) is 10.5. The molecule has 0 radical (unpaired) electrons. The Kier molecular flexibility index (Phi) is 7.94. The van der Waals surface area contributed by atoms with Crippen molar-refractivity contribution in [3.05, 3.63) is 59.1 Å². The van der Waals surface area contributed by atoms with Gasteiger partial charge in [-0.2, -0.15) is 4.72 Å². The van der Waals surface area contributed by atoms with Crippen molar-refractivity contribution in [1.29, 1.82) is 0 Å². The maximum Gasteiger partial charge on any atom is 0.241 e. The lowest BCUT2D eigenvalue weighted by molar-refractivity contribution is -0.134. The molecule has 0 aromatic heterocycles. The molecule has 1 fully saturated rings. The van der Waals surface area contributed by atoms with Crippen LogP contribution in [0.5, 0.6) is 5.75 Å². The average molecular weight is 466 g/mol. The van der Waals surface area contributed by atoms with Crippen molar-refractivity contribution in [1.82, 2.24) is 14.5 Å². The summed E-state index contributed by atoms with van der Waals surface area (Å²) in [6.07, 6.45) is 0.260. The lowest BCUT2D eigenvalue weighted by Gasteiger charge is -2.34. The highest BCUT2D eigenvalue weighted by molar-refractivity contribution is 7.89. The number of amides is 1. The first-order chi connectivity index (χ1) is 14.8. The average Bonchev–Trinajstić information content (AvgIpc) is 2.75. The monoisotopic (exact) mass is 465 g/mol. The number of benzene rings is 2. The minimum absolute atomic E-state index is 0.00908. The second-order valence-corrected chi connectivity index (χ2v) is 9.64. The number of nitrogens with one attached hydrogen (secondary N) is 1. The van der Waals surface area contributed by atoms with Crippen LogP contribution >= 0.6 is 11.6 Å². The quantitative estimate of drug-likeness (QED) is 0.647. The Morgan fingerprint density at radius 2 is 1.81 bits per heavy atom. The van der Waals surface area contributed by atoms with Crippen LogP contribution in [0.1, 0.15) is 12.5 Å². The van der Waals surface area contributed by atoms with Gasteiger partial charge >= 0.3 is 0 Å². The van der Waals surface area contributed by atoms with Crippen molar-refractivity contribution in [2.24, 2.45) is 0 Å². The predicted octanol–water partition coefficient (Wildman–Crippen LogP) is 2.40. The third-order valence-electron chi connectivity index (χ3n) is 5.21. The predicted molar refractivity (Wildman–Crippen MR) is 121 cm³/mol. The Labute approximate surface area is 189 Å². The molecule has 0 unspecified atom stereocenters. The lowest BCUT2D eigenvalue weighted by atomic mass is 10.1. The molecule has 1 amide bonds. The van der Waals surface area contributed by atoms with Crippen LogP contribution in [0.4, 0.5) is 0 Å². The lowest BCUT2D eigenvalue weighted by Crippen LogP contribution is -2.54. The zero-order valence-corrected chi connectivity index (χ0v) is 19.3. The number of likely N-dealkylation sites (N-methyl/N-ethyl adjacent to an activating group) is 1. The van der Waals surface area contributed by atoms with Crippen molar-refractivity contribution in [2.75, 3.05) is 39.8 Å². The van der Waals surface area contributed by atoms with Crippen LogP contribution in [-0.2, 0) is 21.2 Å². The Balaban J connectivity index is 1.84. The van der Waals surface area contributed by atoms with Crippen LogP contribution in [0.15, 0.2) is 53.4 Å². The molecule has 168 valence electrons. The summed E-state index contributed by atoms with van der Waals surface area (Å²) in [5, 5.41) is 0.203. The van der Waals surface area contributed by atoms with Gasteiger partial charge in [-0.05, 0) is 44.2 Å². The molecule has 1 saturated heterocycles. The number of carbonyl (C=O) groups is 1. The van der Waals surface area contributed by atoms with Crippen molar-refractivity contribution >= 4 is 27.5 Å². The highest BCUT2D eigenvalue weighted by Crippen LogP contribution is 2.27. The number of hydrogen-bond donors (Lipinski definition) is 1. The molecular weight excluding hydrogens is 438 g/mol. The van der Waals surface area contributed by atoms with E-state index in [9.17, 15) is 13.2 Å². The summed E-state index contributed by atoms with van der Waals surface area (Å²) in [6, 6.07) is 12.8. The fourth-order valence-corrected chi connectivity index (χ4v) is 4.97. The maximum absolute atomic E-state index is 13.3. The molecule has 1 aliphatic heterocycles. The fraction of sp³-hybridized carbons (Fsp3) is 0.409. The fourth-order valence-electron chi connectivity index (χ4n) is 3.45. The van der Waals surface area contributed by atoms with Gasteiger partial charge in [0.15, 0.2) is 0 Å². The standard InChI is InChI=1S/C22H28ClN3O4S/c1-3-30-21-10-9-18(16-19(21)23)31(28,29)24-20(15-17-7-5-4-6-8-17)22(27)26-13-11-25(2)12-14-26/h4-10,16,20,24H,3,11-15H2,1-2H3/t20-/m1/s1. The SMILES string of the molecule is CCOc1ccc(S(=O)(=O)N[C@H](Cc2ccccc2)C(=O)N2CCN(C)CC2)cc1Cl. The van der Waals surface area contributed by atoms with Gasteiger partial charge in [-0.1, -0.05) is 41.9 Å². The first-order valence-corrected chi connectivity index (χ1v) is 12.1. The number of rotatable bonds is 8. The van der Waals surface area contributed by atoms with Gasteiger partial charge in [-0.15, -0.1) is 0 Å². The topological polar surface area (TPSA) is 78.9 Å². The molecule has 1 atom stereocenters. The number of hydrogen-bond acceptors (Lipinski definition) is 5. The van der Waals surface area contributed by atoms with E-state index in [1.54, 1.807) is 4.90 Å². The highest BCUT2D eigenvalue weighted by Gasteiger charge is 2.31. The normalized spacial score (nSPS) is 16.2. The molecule has 0 spiro atoms. The van der Waals surface area contributed by atoms with E-state index in [2.05, 4.69) is 9.62 Å². The molecule has 9 heteroatoms. The number of nitrogens with zero attached hydrogens (tertiary/aromatic N) is 2. The van der Waals surface area contributed by atoms with Crippen molar-refractivity contribution in [2.45, 2.75) is 24.3 Å². The molecule has 0 saturated carbocycles. The van der Waals surface area contributed by atoms with E-state index >= 15 is 0 Å². The molecule has 7 nitrogen and oxygen atoms in total. The Morgan fingerprint density at radius 1 is 1.13 bits per heavy atom. The van der Waals surface area contributed by atoms with Gasteiger partial charge < -0.3 is 14.5 Å². The first-order valence-electron chi connectivity index (χ1n) is 10.3. The number of piperazine rings is 1. The molecule has 1 aliphatic rings. The van der Waals surface area contributed by atoms with Gasteiger partial charge in [0.05, 0.1) is 16.5 Å². The van der Waals surface area contributed by atoms with Gasteiger partial charge in [0.25, 0.3) is 0 Å². The van der Waals surface area contributed by atoms with Gasteiger partial charge in [-0.3, -0.25) is 4.79 Å². The van der Waals surface area contributed by atoms with Crippen molar-refractivity contribution in [3.63, 3.8) is 0 Å². The Hall–Kier alpha value is -2.13. The summed E-state index contributed by atoms with van der Waals surface area (Å²) in [5.74, 6) is 0.190. The summed E-state index contributed by atoms with van der Waals surface area (Å²) in [5.41, 5.74) is 0.877. The van der Waals surface area contributed by atoms with E-state index in [1.807, 2.05) is 44.3 Å². The van der Waals surface area contributed by atoms with Gasteiger partial charge in [-0.25, -0.2) is 8.42 Å². The first kappa shape index (κ1) is 23.5. The van der Waals surface area contributed by atoms with E-state index in [0.29, 0.717) is 25.4 Å². The molecule has 1 N–H and O–H groups in total.